The minimum absolute atomic E-state index is 0. The maximum Gasteiger partial charge on any atom is 0.335 e. The van der Waals surface area contributed by atoms with Crippen LogP contribution in [0.15, 0.2) is 48.5 Å². The van der Waals surface area contributed by atoms with Gasteiger partial charge in [0.05, 0.1) is 5.56 Å². The fourth-order valence-electron chi connectivity index (χ4n) is 3.49. The van der Waals surface area contributed by atoms with Crippen LogP contribution in [0, 0.1) is 0 Å². The molecule has 0 aromatic heterocycles. The largest absolute Gasteiger partial charge is 0.478 e. The lowest BCUT2D eigenvalue weighted by atomic mass is 9.86. The zero-order valence-electron chi connectivity index (χ0n) is 14.4. The molecule has 1 heterocycles. The molecule has 0 spiro atoms. The minimum Gasteiger partial charge on any atom is -0.478 e. The molecule has 1 aliphatic rings. The van der Waals surface area contributed by atoms with Gasteiger partial charge in [0.25, 0.3) is 0 Å². The monoisotopic (exact) mass is 360 g/mol. The lowest BCUT2D eigenvalue weighted by Gasteiger charge is -2.33. The number of benzene rings is 2. The lowest BCUT2D eigenvalue weighted by molar-refractivity contribution is 0.0694. The van der Waals surface area contributed by atoms with Gasteiger partial charge < -0.3 is 10.4 Å². The van der Waals surface area contributed by atoms with Gasteiger partial charge in [-0.25, -0.2) is 4.79 Å². The van der Waals surface area contributed by atoms with Gasteiger partial charge in [0, 0.05) is 19.3 Å². The van der Waals surface area contributed by atoms with Crippen LogP contribution in [0.1, 0.15) is 40.2 Å². The Morgan fingerprint density at radius 1 is 1.16 bits per heavy atom. The summed E-state index contributed by atoms with van der Waals surface area (Å²) in [4.78, 5) is 14.0. The molecule has 2 aromatic rings. The maximum absolute atomic E-state index is 11.5. The van der Waals surface area contributed by atoms with E-state index in [4.69, 9.17) is 0 Å². The van der Waals surface area contributed by atoms with Crippen LogP contribution >= 0.6 is 12.4 Å². The van der Waals surface area contributed by atoms with E-state index in [1.807, 2.05) is 25.2 Å². The number of hydrogen-bond acceptors (Lipinski definition) is 3. The van der Waals surface area contributed by atoms with Crippen molar-refractivity contribution in [2.45, 2.75) is 25.3 Å². The highest BCUT2D eigenvalue weighted by atomic mass is 35.5. The smallest absolute Gasteiger partial charge is 0.335 e. The van der Waals surface area contributed by atoms with Crippen molar-refractivity contribution in [1.82, 2.24) is 4.90 Å². The quantitative estimate of drug-likeness (QED) is 0.837. The molecule has 0 unspecified atom stereocenters. The molecule has 25 heavy (non-hydrogen) atoms. The third-order valence-corrected chi connectivity index (χ3v) is 4.85. The molecule has 2 aromatic carbocycles. The second-order valence-corrected chi connectivity index (χ2v) is 6.39. The zero-order chi connectivity index (χ0) is 16.9. The molecular weight excluding hydrogens is 336 g/mol. The number of nitrogens with zero attached hydrogens (tertiary/aromatic N) is 1. The van der Waals surface area contributed by atoms with Crippen molar-refractivity contribution in [2.24, 2.45) is 0 Å². The molecule has 0 radical (unpaired) electrons. The summed E-state index contributed by atoms with van der Waals surface area (Å²) in [5.41, 5.74) is 3.71. The molecule has 0 saturated carbocycles. The van der Waals surface area contributed by atoms with Crippen molar-refractivity contribution >= 4 is 24.1 Å². The number of nitrogens with one attached hydrogen (secondary N) is 1. The van der Waals surface area contributed by atoms with Crippen LogP contribution in [0.5, 0.6) is 0 Å². The van der Waals surface area contributed by atoms with Crippen LogP contribution in [0.4, 0.5) is 5.69 Å². The van der Waals surface area contributed by atoms with Crippen LogP contribution < -0.4 is 5.32 Å². The summed E-state index contributed by atoms with van der Waals surface area (Å²) in [6.07, 6.45) is 2.00. The van der Waals surface area contributed by atoms with Gasteiger partial charge in [0.2, 0.25) is 0 Å². The van der Waals surface area contributed by atoms with E-state index < -0.39 is 5.97 Å². The summed E-state index contributed by atoms with van der Waals surface area (Å²) in [7, 11) is 1.86. The Balaban J connectivity index is 0.00000225. The third-order valence-electron chi connectivity index (χ3n) is 4.85. The fourth-order valence-corrected chi connectivity index (χ4v) is 3.49. The van der Waals surface area contributed by atoms with E-state index in [-0.39, 0.29) is 12.4 Å². The molecule has 3 rings (SSSR count). The number of likely N-dealkylation sites (tertiary alicyclic amines) is 1. The number of hydrogen-bond donors (Lipinski definition) is 2. The molecule has 0 amide bonds. The SMILES string of the molecule is CNc1ccc(C(=O)O)c(C2CCN(Cc3ccccc3)CC2)c1.Cl. The Morgan fingerprint density at radius 3 is 2.44 bits per heavy atom. The first-order chi connectivity index (χ1) is 11.7. The minimum atomic E-state index is -0.834. The number of carboxylic acids is 1. The van der Waals surface area contributed by atoms with Crippen molar-refractivity contribution in [3.63, 3.8) is 0 Å². The highest BCUT2D eigenvalue weighted by molar-refractivity contribution is 5.90. The number of aromatic carboxylic acids is 1. The standard InChI is InChI=1S/C20H24N2O2.ClH/c1-21-17-7-8-18(20(23)24)19(13-17)16-9-11-22(12-10-16)14-15-5-3-2-4-6-15;/h2-8,13,16,21H,9-12,14H2,1H3,(H,23,24);1H. The van der Waals surface area contributed by atoms with E-state index in [1.165, 1.54) is 5.56 Å². The summed E-state index contributed by atoms with van der Waals surface area (Å²) in [5, 5.41) is 12.6. The van der Waals surface area contributed by atoms with Gasteiger partial charge in [-0.15, -0.1) is 12.4 Å². The van der Waals surface area contributed by atoms with E-state index in [0.717, 1.165) is 43.7 Å². The van der Waals surface area contributed by atoms with Crippen molar-refractivity contribution in [3.05, 3.63) is 65.2 Å². The van der Waals surface area contributed by atoms with Crippen molar-refractivity contribution in [1.29, 1.82) is 0 Å². The normalized spacial score (nSPS) is 15.4. The maximum atomic E-state index is 11.5. The van der Waals surface area contributed by atoms with E-state index in [9.17, 15) is 9.90 Å². The summed E-state index contributed by atoms with van der Waals surface area (Å²) >= 11 is 0. The van der Waals surface area contributed by atoms with E-state index >= 15 is 0 Å². The average Bonchev–Trinajstić information content (AvgIpc) is 2.62. The lowest BCUT2D eigenvalue weighted by Crippen LogP contribution is -2.32. The Hall–Kier alpha value is -2.04. The number of halogens is 1. The first-order valence-electron chi connectivity index (χ1n) is 8.48. The zero-order valence-corrected chi connectivity index (χ0v) is 15.3. The third kappa shape index (κ3) is 4.74. The van der Waals surface area contributed by atoms with Gasteiger partial charge >= 0.3 is 5.97 Å². The number of carboxylic acid groups (broad SMARTS) is 1. The molecule has 134 valence electrons. The molecule has 1 fully saturated rings. The highest BCUT2D eigenvalue weighted by Gasteiger charge is 2.24. The topological polar surface area (TPSA) is 52.6 Å². The van der Waals surface area contributed by atoms with E-state index in [1.54, 1.807) is 6.07 Å². The van der Waals surface area contributed by atoms with E-state index in [2.05, 4.69) is 34.5 Å². The van der Waals surface area contributed by atoms with Gasteiger partial charge in [0.1, 0.15) is 0 Å². The number of anilines is 1. The molecule has 0 bridgehead atoms. The number of carbonyl (C=O) groups is 1. The van der Waals surface area contributed by atoms with Crippen LogP contribution in [-0.4, -0.2) is 36.1 Å². The summed E-state index contributed by atoms with van der Waals surface area (Å²) < 4.78 is 0. The predicted octanol–water partition coefficient (Wildman–Crippen LogP) is 4.23. The van der Waals surface area contributed by atoms with Gasteiger partial charge in [0.15, 0.2) is 0 Å². The molecule has 5 heteroatoms. The molecule has 1 aliphatic heterocycles. The second-order valence-electron chi connectivity index (χ2n) is 6.39. The second kappa shape index (κ2) is 8.88. The summed E-state index contributed by atoms with van der Waals surface area (Å²) in [5.74, 6) is -0.518. The van der Waals surface area contributed by atoms with Gasteiger partial charge in [-0.1, -0.05) is 30.3 Å². The number of rotatable bonds is 5. The Bertz CT molecular complexity index is 698. The summed E-state index contributed by atoms with van der Waals surface area (Å²) in [6.45, 7) is 2.97. The van der Waals surface area contributed by atoms with Crippen LogP contribution in [0.25, 0.3) is 0 Å². The Labute approximate surface area is 155 Å². The molecule has 2 N–H and O–H groups in total. The van der Waals surface area contributed by atoms with Crippen molar-refractivity contribution < 1.29 is 9.90 Å². The molecular formula is C20H25ClN2O2. The van der Waals surface area contributed by atoms with Crippen LogP contribution in [-0.2, 0) is 6.54 Å². The predicted molar refractivity (Wildman–Crippen MR) is 104 cm³/mol. The first kappa shape index (κ1) is 19.3. The first-order valence-corrected chi connectivity index (χ1v) is 8.48. The van der Waals surface area contributed by atoms with Gasteiger partial charge in [-0.3, -0.25) is 4.90 Å². The molecule has 0 aliphatic carbocycles. The molecule has 4 nitrogen and oxygen atoms in total. The highest BCUT2D eigenvalue weighted by Crippen LogP contribution is 2.32. The van der Waals surface area contributed by atoms with Crippen molar-refractivity contribution in [3.8, 4) is 0 Å². The van der Waals surface area contributed by atoms with Crippen LogP contribution in [0.2, 0.25) is 0 Å². The van der Waals surface area contributed by atoms with Crippen molar-refractivity contribution in [2.75, 3.05) is 25.5 Å². The molecule has 1 saturated heterocycles. The summed E-state index contributed by atoms with van der Waals surface area (Å²) in [6, 6.07) is 16.1. The Kier molecular flexibility index (Phi) is 6.85. The molecule has 0 atom stereocenters. The van der Waals surface area contributed by atoms with Gasteiger partial charge in [-0.2, -0.15) is 0 Å². The van der Waals surface area contributed by atoms with E-state index in [0.29, 0.717) is 11.5 Å². The van der Waals surface area contributed by atoms with Gasteiger partial charge in [-0.05, 0) is 61.2 Å². The average molecular weight is 361 g/mol. The van der Waals surface area contributed by atoms with Crippen LogP contribution in [0.3, 0.4) is 0 Å². The Morgan fingerprint density at radius 2 is 1.84 bits per heavy atom. The fraction of sp³-hybridized carbons (Fsp3) is 0.350. The number of piperidine rings is 1.